The molecule has 0 aliphatic heterocycles. The summed E-state index contributed by atoms with van der Waals surface area (Å²) < 4.78 is 5.63. The summed E-state index contributed by atoms with van der Waals surface area (Å²) >= 11 is 6.02. The third-order valence-electron chi connectivity index (χ3n) is 3.28. The number of nitrogens with one attached hydrogen (secondary N) is 2. The summed E-state index contributed by atoms with van der Waals surface area (Å²) in [5, 5.41) is 7.54. The summed E-state index contributed by atoms with van der Waals surface area (Å²) in [7, 11) is 0. The Balaban J connectivity index is 1.80. The van der Waals surface area contributed by atoms with Gasteiger partial charge in [0, 0.05) is 35.6 Å². The van der Waals surface area contributed by atoms with Gasteiger partial charge in [0.2, 0.25) is 0 Å². The Hall–Kier alpha value is -1.87. The van der Waals surface area contributed by atoms with Crippen LogP contribution in [0.25, 0.3) is 0 Å². The monoisotopic (exact) mass is 318 g/mol. The first-order chi connectivity index (χ1) is 10.7. The lowest BCUT2D eigenvalue weighted by Crippen LogP contribution is -2.14. The summed E-state index contributed by atoms with van der Waals surface area (Å²) in [4.78, 5) is 0. The zero-order valence-electron chi connectivity index (χ0n) is 13.2. The lowest BCUT2D eigenvalue weighted by molar-refractivity contribution is 0.317. The molecule has 2 aromatic carbocycles. The number of halogens is 1. The number of hydrogen-bond acceptors (Lipinski definition) is 3. The number of aryl methyl sites for hydroxylation is 1. The second-order valence-electron chi connectivity index (χ2n) is 5.19. The van der Waals surface area contributed by atoms with Crippen molar-refractivity contribution in [3.8, 4) is 5.75 Å². The van der Waals surface area contributed by atoms with Crippen LogP contribution in [0.2, 0.25) is 5.02 Å². The van der Waals surface area contributed by atoms with Crippen LogP contribution >= 0.6 is 11.6 Å². The molecular weight excluding hydrogens is 296 g/mol. The third-order valence-corrected chi connectivity index (χ3v) is 3.51. The van der Waals surface area contributed by atoms with Gasteiger partial charge in [0.05, 0.1) is 6.61 Å². The van der Waals surface area contributed by atoms with Crippen molar-refractivity contribution in [2.45, 2.75) is 20.3 Å². The van der Waals surface area contributed by atoms with Crippen molar-refractivity contribution in [3.05, 3.63) is 53.1 Å². The Morgan fingerprint density at radius 2 is 1.86 bits per heavy atom. The summed E-state index contributed by atoms with van der Waals surface area (Å²) in [5.41, 5.74) is 3.34. The van der Waals surface area contributed by atoms with E-state index in [2.05, 4.69) is 24.5 Å². The van der Waals surface area contributed by atoms with Crippen LogP contribution in [0.4, 0.5) is 11.4 Å². The van der Waals surface area contributed by atoms with Gasteiger partial charge in [0.25, 0.3) is 0 Å². The van der Waals surface area contributed by atoms with Crippen molar-refractivity contribution in [3.63, 3.8) is 0 Å². The Bertz CT molecular complexity index is 601. The molecule has 0 heterocycles. The minimum atomic E-state index is 0.749. The maximum Gasteiger partial charge on any atom is 0.121 e. The fraction of sp³-hybridized carbons (Fsp3) is 0.333. The third kappa shape index (κ3) is 5.15. The van der Waals surface area contributed by atoms with Gasteiger partial charge in [-0.1, -0.05) is 30.7 Å². The summed E-state index contributed by atoms with van der Waals surface area (Å²) in [6.07, 6.45) is 1.01. The zero-order valence-corrected chi connectivity index (χ0v) is 13.9. The zero-order chi connectivity index (χ0) is 15.8. The topological polar surface area (TPSA) is 33.3 Å². The van der Waals surface area contributed by atoms with E-state index in [1.165, 1.54) is 5.56 Å². The largest absolute Gasteiger partial charge is 0.494 e. The minimum Gasteiger partial charge on any atom is -0.494 e. The molecule has 0 unspecified atom stereocenters. The molecule has 0 spiro atoms. The molecule has 0 aliphatic carbocycles. The number of anilines is 2. The molecule has 0 bridgehead atoms. The van der Waals surface area contributed by atoms with E-state index in [4.69, 9.17) is 16.3 Å². The van der Waals surface area contributed by atoms with Crippen LogP contribution < -0.4 is 15.4 Å². The average molecular weight is 319 g/mol. The number of hydrogen-bond donors (Lipinski definition) is 2. The molecule has 2 rings (SSSR count). The first kappa shape index (κ1) is 16.5. The van der Waals surface area contributed by atoms with Crippen molar-refractivity contribution < 1.29 is 4.74 Å². The highest BCUT2D eigenvalue weighted by molar-refractivity contribution is 6.30. The van der Waals surface area contributed by atoms with E-state index in [9.17, 15) is 0 Å². The Labute approximate surface area is 137 Å². The molecule has 0 saturated heterocycles. The molecule has 0 aliphatic rings. The van der Waals surface area contributed by atoms with Crippen molar-refractivity contribution in [2.75, 3.05) is 30.3 Å². The number of rotatable bonds is 8. The SMILES string of the molecule is CCCOc1cccc(NCCNc2cc(Cl)ccc2C)c1. The standard InChI is InChI=1S/C18H23ClN2O/c1-3-11-22-17-6-4-5-16(13-17)20-9-10-21-18-12-15(19)8-7-14(18)2/h4-8,12-13,20-21H,3,9-11H2,1-2H3. The van der Waals surface area contributed by atoms with Crippen molar-refractivity contribution >= 4 is 23.0 Å². The second kappa shape index (κ2) is 8.54. The van der Waals surface area contributed by atoms with Gasteiger partial charge in [-0.05, 0) is 43.2 Å². The first-order valence-corrected chi connectivity index (χ1v) is 8.03. The van der Waals surface area contributed by atoms with Crippen molar-refractivity contribution in [2.24, 2.45) is 0 Å². The predicted octanol–water partition coefficient (Wildman–Crippen LogP) is 4.96. The number of benzene rings is 2. The van der Waals surface area contributed by atoms with Gasteiger partial charge in [-0.15, -0.1) is 0 Å². The van der Waals surface area contributed by atoms with Crippen LogP contribution in [0.3, 0.4) is 0 Å². The molecule has 22 heavy (non-hydrogen) atoms. The first-order valence-electron chi connectivity index (χ1n) is 7.66. The number of ether oxygens (including phenoxy) is 1. The van der Waals surface area contributed by atoms with Gasteiger partial charge in [-0.2, -0.15) is 0 Å². The Morgan fingerprint density at radius 1 is 1.05 bits per heavy atom. The molecule has 3 nitrogen and oxygen atoms in total. The van der Waals surface area contributed by atoms with E-state index in [1.807, 2.05) is 42.5 Å². The quantitative estimate of drug-likeness (QED) is 0.675. The van der Waals surface area contributed by atoms with Gasteiger partial charge in [-0.3, -0.25) is 0 Å². The van der Waals surface area contributed by atoms with E-state index in [0.717, 1.165) is 48.3 Å². The van der Waals surface area contributed by atoms with Crippen LogP contribution in [-0.4, -0.2) is 19.7 Å². The van der Waals surface area contributed by atoms with Gasteiger partial charge in [-0.25, -0.2) is 0 Å². The second-order valence-corrected chi connectivity index (χ2v) is 5.63. The molecule has 0 fully saturated rings. The van der Waals surface area contributed by atoms with Gasteiger partial charge in [0.1, 0.15) is 5.75 Å². The van der Waals surface area contributed by atoms with E-state index in [1.54, 1.807) is 0 Å². The van der Waals surface area contributed by atoms with Crippen LogP contribution in [0, 0.1) is 6.92 Å². The van der Waals surface area contributed by atoms with Crippen LogP contribution in [0.5, 0.6) is 5.75 Å². The summed E-state index contributed by atoms with van der Waals surface area (Å²) in [5.74, 6) is 0.908. The minimum absolute atomic E-state index is 0.749. The molecule has 4 heteroatoms. The molecular formula is C18H23ClN2O. The fourth-order valence-electron chi connectivity index (χ4n) is 2.10. The summed E-state index contributed by atoms with van der Waals surface area (Å²) in [6.45, 7) is 6.57. The maximum atomic E-state index is 6.02. The average Bonchev–Trinajstić information content (AvgIpc) is 2.53. The van der Waals surface area contributed by atoms with Crippen LogP contribution in [0.15, 0.2) is 42.5 Å². The van der Waals surface area contributed by atoms with Crippen LogP contribution in [0.1, 0.15) is 18.9 Å². The molecule has 0 saturated carbocycles. The van der Waals surface area contributed by atoms with E-state index in [-0.39, 0.29) is 0 Å². The lowest BCUT2D eigenvalue weighted by Gasteiger charge is -2.12. The highest BCUT2D eigenvalue weighted by atomic mass is 35.5. The van der Waals surface area contributed by atoms with Gasteiger partial charge >= 0.3 is 0 Å². The molecule has 0 atom stereocenters. The van der Waals surface area contributed by atoms with E-state index in [0.29, 0.717) is 0 Å². The molecule has 2 N–H and O–H groups in total. The Morgan fingerprint density at radius 3 is 2.68 bits per heavy atom. The molecule has 118 valence electrons. The molecule has 2 aromatic rings. The summed E-state index contributed by atoms with van der Waals surface area (Å²) in [6, 6.07) is 13.9. The molecule has 0 aromatic heterocycles. The highest BCUT2D eigenvalue weighted by Gasteiger charge is 1.99. The Kier molecular flexibility index (Phi) is 6.41. The predicted molar refractivity (Wildman–Crippen MR) is 95.4 cm³/mol. The van der Waals surface area contributed by atoms with E-state index >= 15 is 0 Å². The van der Waals surface area contributed by atoms with Crippen molar-refractivity contribution in [1.29, 1.82) is 0 Å². The molecule has 0 amide bonds. The fourth-order valence-corrected chi connectivity index (χ4v) is 2.28. The lowest BCUT2D eigenvalue weighted by atomic mass is 10.2. The highest BCUT2D eigenvalue weighted by Crippen LogP contribution is 2.20. The normalized spacial score (nSPS) is 10.3. The van der Waals surface area contributed by atoms with Crippen molar-refractivity contribution in [1.82, 2.24) is 0 Å². The van der Waals surface area contributed by atoms with E-state index < -0.39 is 0 Å². The van der Waals surface area contributed by atoms with Gasteiger partial charge < -0.3 is 15.4 Å². The smallest absolute Gasteiger partial charge is 0.121 e. The maximum absolute atomic E-state index is 6.02. The van der Waals surface area contributed by atoms with Gasteiger partial charge in [0.15, 0.2) is 0 Å². The van der Waals surface area contributed by atoms with Crippen LogP contribution in [-0.2, 0) is 0 Å². The molecule has 0 radical (unpaired) electrons.